The first kappa shape index (κ1) is 31.8. The Morgan fingerprint density at radius 2 is 1.88 bits per heavy atom. The number of rotatable bonds is 10. The first-order valence-electron chi connectivity index (χ1n) is 12.8. The molecule has 42 heavy (non-hydrogen) atoms. The highest BCUT2D eigenvalue weighted by Crippen LogP contribution is 2.36. The van der Waals surface area contributed by atoms with Crippen molar-refractivity contribution in [1.29, 1.82) is 0 Å². The number of benzene rings is 2. The van der Waals surface area contributed by atoms with E-state index in [2.05, 4.69) is 48.3 Å². The van der Waals surface area contributed by atoms with Gasteiger partial charge in [-0.2, -0.15) is 0 Å². The number of methoxy groups -OCH3 is 2. The molecule has 0 radical (unpaired) electrons. The van der Waals surface area contributed by atoms with Crippen LogP contribution in [0.5, 0.6) is 17.2 Å². The van der Waals surface area contributed by atoms with E-state index < -0.39 is 18.0 Å². The van der Waals surface area contributed by atoms with E-state index in [0.717, 1.165) is 8.04 Å². The van der Waals surface area contributed by atoms with Crippen LogP contribution >= 0.6 is 49.9 Å². The van der Waals surface area contributed by atoms with Crippen molar-refractivity contribution in [3.63, 3.8) is 0 Å². The number of carbonyl (C=O) groups excluding carboxylic acids is 2. The maximum Gasteiger partial charge on any atom is 0.343 e. The molecular weight excluding hydrogens is 743 g/mol. The van der Waals surface area contributed by atoms with E-state index in [0.29, 0.717) is 50.0 Å². The predicted molar refractivity (Wildman–Crippen MR) is 169 cm³/mol. The molecule has 1 aliphatic rings. The van der Waals surface area contributed by atoms with Crippen LogP contribution in [0, 0.1) is 3.57 Å². The fourth-order valence-corrected chi connectivity index (χ4v) is 7.24. The molecule has 0 amide bonds. The largest absolute Gasteiger partial charge is 0.495 e. The van der Waals surface area contributed by atoms with E-state index in [9.17, 15) is 14.4 Å². The highest BCUT2D eigenvalue weighted by atomic mass is 127. The van der Waals surface area contributed by atoms with Gasteiger partial charge >= 0.3 is 11.9 Å². The molecule has 0 spiro atoms. The Bertz CT molecular complexity index is 1750. The van der Waals surface area contributed by atoms with Crippen LogP contribution in [0.1, 0.15) is 37.9 Å². The van der Waals surface area contributed by atoms with Crippen molar-refractivity contribution in [2.75, 3.05) is 34.0 Å². The molecule has 2 heterocycles. The van der Waals surface area contributed by atoms with Crippen LogP contribution in [0.25, 0.3) is 6.08 Å². The number of aromatic nitrogens is 1. The highest BCUT2D eigenvalue weighted by Gasteiger charge is 2.34. The SMILES string of the molecule is CCOC(=O)C1=C(C)N=c2s/c(=C/c3cc(Br)cc(I)c3OC)c(=O)n2[C@@H]1c1ccc(OCC(=O)OC)c(OCC)c1. The molecule has 0 bridgehead atoms. The maximum absolute atomic E-state index is 14.0. The normalized spacial score (nSPS) is 14.6. The number of hydrogen-bond donors (Lipinski definition) is 0. The topological polar surface area (TPSA) is 115 Å². The number of halogens is 2. The number of allylic oxidation sites excluding steroid dienone is 1. The molecular formula is C29H28BrIN2O8S. The van der Waals surface area contributed by atoms with Gasteiger partial charge in [0.05, 0.1) is 52.8 Å². The molecule has 1 aromatic heterocycles. The minimum absolute atomic E-state index is 0.151. The summed E-state index contributed by atoms with van der Waals surface area (Å²) in [7, 11) is 2.85. The van der Waals surface area contributed by atoms with E-state index in [1.54, 1.807) is 45.2 Å². The zero-order chi connectivity index (χ0) is 30.6. The lowest BCUT2D eigenvalue weighted by Crippen LogP contribution is -2.40. The molecule has 0 saturated heterocycles. The van der Waals surface area contributed by atoms with Gasteiger partial charge in [0.2, 0.25) is 0 Å². The van der Waals surface area contributed by atoms with Gasteiger partial charge in [-0.1, -0.05) is 33.3 Å². The standard InChI is InChI=1S/C29H28BrIN2O8S/c1-6-39-21-11-16(8-9-20(21)41-14-23(34)37-4)25-24(28(36)40-7-2)15(3)32-29-33(25)27(35)22(42-29)12-17-10-18(30)13-19(31)26(17)38-5/h8-13,25H,6-7,14H2,1-5H3/b22-12+/t25-/m1/s1. The average Bonchev–Trinajstić information content (AvgIpc) is 3.25. The van der Waals surface area contributed by atoms with Crippen LogP contribution in [-0.2, 0) is 19.1 Å². The lowest BCUT2D eigenvalue weighted by atomic mass is 9.95. The van der Waals surface area contributed by atoms with Crippen molar-refractivity contribution in [1.82, 2.24) is 4.57 Å². The van der Waals surface area contributed by atoms with Crippen LogP contribution in [-0.4, -0.2) is 50.5 Å². The Morgan fingerprint density at radius 3 is 2.55 bits per heavy atom. The summed E-state index contributed by atoms with van der Waals surface area (Å²) in [6.45, 7) is 5.40. The van der Waals surface area contributed by atoms with Crippen LogP contribution in [0.4, 0.5) is 0 Å². The fraction of sp³-hybridized carbons (Fsp3) is 0.310. The van der Waals surface area contributed by atoms with Gasteiger partial charge in [0.15, 0.2) is 22.9 Å². The average molecular weight is 771 g/mol. The Balaban J connectivity index is 1.94. The molecule has 222 valence electrons. The first-order valence-corrected chi connectivity index (χ1v) is 15.5. The second-order valence-corrected chi connectivity index (χ2v) is 11.9. The van der Waals surface area contributed by atoms with Gasteiger partial charge in [-0.25, -0.2) is 14.6 Å². The minimum Gasteiger partial charge on any atom is -0.495 e. The van der Waals surface area contributed by atoms with Gasteiger partial charge in [-0.05, 0) is 79.3 Å². The van der Waals surface area contributed by atoms with E-state index in [4.69, 9.17) is 18.9 Å². The summed E-state index contributed by atoms with van der Waals surface area (Å²) in [5.41, 5.74) is 1.62. The molecule has 2 aromatic carbocycles. The summed E-state index contributed by atoms with van der Waals surface area (Å²) >= 11 is 6.90. The van der Waals surface area contributed by atoms with E-state index in [-0.39, 0.29) is 24.3 Å². The lowest BCUT2D eigenvalue weighted by Gasteiger charge is -2.25. The number of fused-ring (bicyclic) bond motifs is 1. The number of ether oxygens (including phenoxy) is 5. The third kappa shape index (κ3) is 6.57. The van der Waals surface area contributed by atoms with E-state index in [1.165, 1.54) is 23.0 Å². The van der Waals surface area contributed by atoms with Crippen molar-refractivity contribution >= 4 is 67.9 Å². The summed E-state index contributed by atoms with van der Waals surface area (Å²) in [6.07, 6.45) is 1.76. The molecule has 3 aromatic rings. The van der Waals surface area contributed by atoms with Gasteiger partial charge in [-0.15, -0.1) is 0 Å². The summed E-state index contributed by atoms with van der Waals surface area (Å²) in [5, 5.41) is 0. The van der Waals surface area contributed by atoms with Crippen LogP contribution in [0.3, 0.4) is 0 Å². The lowest BCUT2D eigenvalue weighted by molar-refractivity contribution is -0.143. The molecule has 1 atom stereocenters. The molecule has 0 unspecified atom stereocenters. The summed E-state index contributed by atoms with van der Waals surface area (Å²) in [6, 6.07) is 7.96. The summed E-state index contributed by atoms with van der Waals surface area (Å²) in [4.78, 5) is 44.0. The maximum atomic E-state index is 14.0. The molecule has 10 nitrogen and oxygen atoms in total. The Labute approximate surface area is 267 Å². The van der Waals surface area contributed by atoms with E-state index >= 15 is 0 Å². The monoisotopic (exact) mass is 770 g/mol. The highest BCUT2D eigenvalue weighted by molar-refractivity contribution is 14.1. The van der Waals surface area contributed by atoms with Crippen molar-refractivity contribution in [3.8, 4) is 17.2 Å². The third-order valence-electron chi connectivity index (χ3n) is 6.20. The quantitative estimate of drug-likeness (QED) is 0.224. The summed E-state index contributed by atoms with van der Waals surface area (Å²) < 4.78 is 30.7. The number of nitrogens with zero attached hydrogens (tertiary/aromatic N) is 2. The molecule has 1 aliphatic heterocycles. The molecule has 0 aliphatic carbocycles. The number of carbonyl (C=O) groups is 2. The van der Waals surface area contributed by atoms with Gasteiger partial charge in [-0.3, -0.25) is 9.36 Å². The number of esters is 2. The Hall–Kier alpha value is -3.17. The summed E-state index contributed by atoms with van der Waals surface area (Å²) in [5.74, 6) is 0.160. The Morgan fingerprint density at radius 1 is 1.12 bits per heavy atom. The molecule has 0 fully saturated rings. The van der Waals surface area contributed by atoms with Crippen LogP contribution < -0.4 is 29.1 Å². The van der Waals surface area contributed by atoms with Gasteiger partial charge in [0.1, 0.15) is 5.75 Å². The third-order valence-corrected chi connectivity index (χ3v) is 8.44. The minimum atomic E-state index is -0.860. The molecule has 4 rings (SSSR count). The van der Waals surface area contributed by atoms with Gasteiger partial charge < -0.3 is 23.7 Å². The fourth-order valence-electron chi connectivity index (χ4n) is 4.43. The number of hydrogen-bond acceptors (Lipinski definition) is 10. The van der Waals surface area contributed by atoms with E-state index in [1.807, 2.05) is 19.1 Å². The first-order chi connectivity index (χ1) is 20.1. The second-order valence-electron chi connectivity index (χ2n) is 8.82. The number of thiazole rings is 1. The van der Waals surface area contributed by atoms with Crippen LogP contribution in [0.2, 0.25) is 0 Å². The van der Waals surface area contributed by atoms with Crippen LogP contribution in [0.15, 0.2) is 55.9 Å². The molecule has 0 saturated carbocycles. The van der Waals surface area contributed by atoms with Crippen molar-refractivity contribution in [2.45, 2.75) is 26.8 Å². The zero-order valence-electron chi connectivity index (χ0n) is 23.5. The van der Waals surface area contributed by atoms with Gasteiger partial charge in [0.25, 0.3) is 5.56 Å². The van der Waals surface area contributed by atoms with Crippen molar-refractivity contribution < 1.29 is 33.3 Å². The molecule has 13 heteroatoms. The zero-order valence-corrected chi connectivity index (χ0v) is 28.0. The Kier molecular flexibility index (Phi) is 10.5. The van der Waals surface area contributed by atoms with Crippen molar-refractivity contribution in [3.05, 3.63) is 80.5 Å². The van der Waals surface area contributed by atoms with Gasteiger partial charge in [0, 0.05) is 10.0 Å². The molecule has 0 N–H and O–H groups in total. The van der Waals surface area contributed by atoms with Crippen molar-refractivity contribution in [2.24, 2.45) is 4.99 Å². The predicted octanol–water partition coefficient (Wildman–Crippen LogP) is 4.12. The smallest absolute Gasteiger partial charge is 0.343 e. The second kappa shape index (κ2) is 13.9.